The van der Waals surface area contributed by atoms with Crippen LogP contribution in [-0.4, -0.2) is 9.55 Å². The van der Waals surface area contributed by atoms with E-state index in [1.165, 1.54) is 12.1 Å². The Morgan fingerprint density at radius 2 is 1.83 bits per heavy atom. The fourth-order valence-electron chi connectivity index (χ4n) is 1.93. The second kappa shape index (κ2) is 3.99. The van der Waals surface area contributed by atoms with Gasteiger partial charge in [-0.3, -0.25) is 4.57 Å². The molecule has 0 spiro atoms. The zero-order valence-electron chi connectivity index (χ0n) is 9.27. The van der Waals surface area contributed by atoms with Crippen molar-refractivity contribution in [1.29, 1.82) is 0 Å². The molecule has 3 aromatic rings. The van der Waals surface area contributed by atoms with Gasteiger partial charge in [0.2, 0.25) is 5.95 Å². The molecule has 5 heteroatoms. The molecule has 0 fully saturated rings. The third kappa shape index (κ3) is 1.71. The topological polar surface area (TPSA) is 43.8 Å². The number of anilines is 1. The number of hydrogen-bond donors (Lipinski definition) is 1. The van der Waals surface area contributed by atoms with Crippen LogP contribution in [0.1, 0.15) is 0 Å². The molecule has 0 unspecified atom stereocenters. The summed E-state index contributed by atoms with van der Waals surface area (Å²) in [5.41, 5.74) is 7.96. The fraction of sp³-hybridized carbons (Fsp3) is 0. The Kier molecular flexibility index (Phi) is 2.45. The van der Waals surface area contributed by atoms with Gasteiger partial charge in [-0.2, -0.15) is 0 Å². The maximum Gasteiger partial charge on any atom is 0.205 e. The summed E-state index contributed by atoms with van der Waals surface area (Å²) in [6.45, 7) is 0. The van der Waals surface area contributed by atoms with Crippen molar-refractivity contribution in [3.8, 4) is 5.69 Å². The van der Waals surface area contributed by atoms with Gasteiger partial charge in [0.25, 0.3) is 0 Å². The number of fused-ring (bicyclic) bond motifs is 1. The van der Waals surface area contributed by atoms with Crippen LogP contribution in [0.25, 0.3) is 16.7 Å². The van der Waals surface area contributed by atoms with Crippen molar-refractivity contribution >= 4 is 28.6 Å². The molecule has 0 atom stereocenters. The zero-order valence-corrected chi connectivity index (χ0v) is 10.0. The molecule has 0 aliphatic rings. The van der Waals surface area contributed by atoms with Gasteiger partial charge >= 0.3 is 0 Å². The summed E-state index contributed by atoms with van der Waals surface area (Å²) in [7, 11) is 0. The molecule has 2 N–H and O–H groups in total. The summed E-state index contributed by atoms with van der Waals surface area (Å²) in [6.07, 6.45) is 0. The SMILES string of the molecule is Nc1nc2ccc(F)cc2n1-c1ccc(Cl)cc1. The van der Waals surface area contributed by atoms with Gasteiger partial charge in [0, 0.05) is 16.8 Å². The number of aromatic nitrogens is 2. The van der Waals surface area contributed by atoms with Gasteiger partial charge in [0.1, 0.15) is 5.82 Å². The number of benzene rings is 2. The summed E-state index contributed by atoms with van der Waals surface area (Å²) in [6, 6.07) is 11.5. The van der Waals surface area contributed by atoms with Crippen LogP contribution in [0.4, 0.5) is 10.3 Å². The molecule has 0 aliphatic carbocycles. The molecule has 1 heterocycles. The average molecular weight is 262 g/mol. The summed E-state index contributed by atoms with van der Waals surface area (Å²) in [5.74, 6) is -0.00413. The predicted molar refractivity (Wildman–Crippen MR) is 70.5 cm³/mol. The number of imidazole rings is 1. The molecule has 0 saturated heterocycles. The lowest BCUT2D eigenvalue weighted by atomic mass is 10.2. The van der Waals surface area contributed by atoms with Crippen LogP contribution in [0.2, 0.25) is 5.02 Å². The van der Waals surface area contributed by atoms with Crippen LogP contribution in [0.3, 0.4) is 0 Å². The zero-order chi connectivity index (χ0) is 12.7. The standard InChI is InChI=1S/C13H9ClFN3/c14-8-1-4-10(5-2-8)18-12-7-9(15)3-6-11(12)17-13(18)16/h1-7H,(H2,16,17). The van der Waals surface area contributed by atoms with Crippen LogP contribution in [-0.2, 0) is 0 Å². The number of rotatable bonds is 1. The molecule has 0 radical (unpaired) electrons. The molecule has 0 amide bonds. The minimum Gasteiger partial charge on any atom is -0.369 e. The number of halogens is 2. The van der Waals surface area contributed by atoms with Gasteiger partial charge in [-0.05, 0) is 36.4 Å². The molecule has 2 aromatic carbocycles. The molecule has 0 bridgehead atoms. The summed E-state index contributed by atoms with van der Waals surface area (Å²) in [4.78, 5) is 4.19. The summed E-state index contributed by atoms with van der Waals surface area (Å²) >= 11 is 5.84. The van der Waals surface area contributed by atoms with Crippen LogP contribution in [0.5, 0.6) is 0 Å². The highest BCUT2D eigenvalue weighted by Crippen LogP contribution is 2.24. The Balaban J connectivity index is 2.30. The minimum absolute atomic E-state index is 0.318. The van der Waals surface area contributed by atoms with Crippen molar-refractivity contribution in [1.82, 2.24) is 9.55 Å². The third-order valence-electron chi connectivity index (χ3n) is 2.73. The van der Waals surface area contributed by atoms with Gasteiger partial charge < -0.3 is 5.73 Å². The quantitative estimate of drug-likeness (QED) is 0.730. The van der Waals surface area contributed by atoms with Crippen molar-refractivity contribution in [2.75, 3.05) is 5.73 Å². The van der Waals surface area contributed by atoms with Gasteiger partial charge in [0.05, 0.1) is 11.0 Å². The number of nitrogen functional groups attached to an aromatic ring is 1. The monoisotopic (exact) mass is 261 g/mol. The highest BCUT2D eigenvalue weighted by Gasteiger charge is 2.10. The first-order valence-electron chi connectivity index (χ1n) is 5.34. The van der Waals surface area contributed by atoms with E-state index in [0.717, 1.165) is 5.69 Å². The number of hydrogen-bond acceptors (Lipinski definition) is 2. The Morgan fingerprint density at radius 1 is 1.11 bits per heavy atom. The van der Waals surface area contributed by atoms with E-state index in [9.17, 15) is 4.39 Å². The Morgan fingerprint density at radius 3 is 2.56 bits per heavy atom. The first-order valence-corrected chi connectivity index (χ1v) is 5.72. The summed E-state index contributed by atoms with van der Waals surface area (Å²) in [5, 5.41) is 0.632. The Bertz CT molecular complexity index is 719. The molecule has 18 heavy (non-hydrogen) atoms. The van der Waals surface area contributed by atoms with E-state index in [1.807, 2.05) is 12.1 Å². The maximum atomic E-state index is 13.3. The molecule has 0 saturated carbocycles. The highest BCUT2D eigenvalue weighted by atomic mass is 35.5. The van der Waals surface area contributed by atoms with E-state index in [0.29, 0.717) is 22.0 Å². The van der Waals surface area contributed by atoms with Gasteiger partial charge in [-0.1, -0.05) is 11.6 Å². The molecular weight excluding hydrogens is 253 g/mol. The molecule has 1 aromatic heterocycles. The first-order chi connectivity index (χ1) is 8.65. The van der Waals surface area contributed by atoms with Gasteiger partial charge in [-0.15, -0.1) is 0 Å². The first kappa shape index (κ1) is 11.0. The second-order valence-electron chi connectivity index (χ2n) is 3.91. The minimum atomic E-state index is -0.322. The van der Waals surface area contributed by atoms with Crippen LogP contribution in [0.15, 0.2) is 42.5 Å². The number of nitrogens with zero attached hydrogens (tertiary/aromatic N) is 2. The highest BCUT2D eigenvalue weighted by molar-refractivity contribution is 6.30. The summed E-state index contributed by atoms with van der Waals surface area (Å²) < 4.78 is 15.0. The van der Waals surface area contributed by atoms with E-state index in [1.54, 1.807) is 22.8 Å². The van der Waals surface area contributed by atoms with Crippen molar-refractivity contribution in [2.45, 2.75) is 0 Å². The van der Waals surface area contributed by atoms with Crippen molar-refractivity contribution in [3.63, 3.8) is 0 Å². The lowest BCUT2D eigenvalue weighted by Gasteiger charge is -2.06. The van der Waals surface area contributed by atoms with Crippen molar-refractivity contribution in [3.05, 3.63) is 53.3 Å². The van der Waals surface area contributed by atoms with Gasteiger partial charge in [0.15, 0.2) is 0 Å². The molecule has 0 aliphatic heterocycles. The van der Waals surface area contributed by atoms with Crippen LogP contribution >= 0.6 is 11.6 Å². The smallest absolute Gasteiger partial charge is 0.205 e. The van der Waals surface area contributed by atoms with E-state index < -0.39 is 0 Å². The largest absolute Gasteiger partial charge is 0.369 e. The van der Waals surface area contributed by atoms with E-state index in [2.05, 4.69) is 4.98 Å². The van der Waals surface area contributed by atoms with Crippen LogP contribution < -0.4 is 5.73 Å². The molecule has 3 rings (SSSR count). The maximum absolute atomic E-state index is 13.3. The van der Waals surface area contributed by atoms with Gasteiger partial charge in [-0.25, -0.2) is 9.37 Å². The predicted octanol–water partition coefficient (Wildman–Crippen LogP) is 3.40. The van der Waals surface area contributed by atoms with Crippen LogP contribution in [0, 0.1) is 5.82 Å². The lowest BCUT2D eigenvalue weighted by Crippen LogP contribution is -2.00. The Labute approximate surface area is 108 Å². The average Bonchev–Trinajstić information content (AvgIpc) is 2.66. The second-order valence-corrected chi connectivity index (χ2v) is 4.35. The van der Waals surface area contributed by atoms with Crippen molar-refractivity contribution < 1.29 is 4.39 Å². The Hall–Kier alpha value is -2.07. The van der Waals surface area contributed by atoms with E-state index in [-0.39, 0.29) is 5.82 Å². The molecule has 90 valence electrons. The third-order valence-corrected chi connectivity index (χ3v) is 2.98. The lowest BCUT2D eigenvalue weighted by molar-refractivity contribution is 0.629. The normalized spacial score (nSPS) is 11.0. The van der Waals surface area contributed by atoms with E-state index in [4.69, 9.17) is 17.3 Å². The molecule has 3 nitrogen and oxygen atoms in total. The fourth-order valence-corrected chi connectivity index (χ4v) is 2.05. The van der Waals surface area contributed by atoms with E-state index >= 15 is 0 Å². The number of nitrogens with two attached hydrogens (primary N) is 1. The molecular formula is C13H9ClFN3. The van der Waals surface area contributed by atoms with Crippen molar-refractivity contribution in [2.24, 2.45) is 0 Å².